The second-order valence-electron chi connectivity index (χ2n) is 9.80. The summed E-state index contributed by atoms with van der Waals surface area (Å²) in [4.78, 5) is 109. The molecular weight excluding hydrogens is 1350 g/mol. The molecule has 0 amide bonds. The van der Waals surface area contributed by atoms with Crippen molar-refractivity contribution < 1.29 is 154 Å². The first kappa shape index (κ1) is 146. The van der Waals surface area contributed by atoms with E-state index < -0.39 is 81.1 Å². The van der Waals surface area contributed by atoms with Gasteiger partial charge in [0.05, 0.1) is 0 Å². The standard InChI is InChI=1S/5C6H4N2O4.16CH3.6Fe/c5*9-4-2-1-3(7-11)6(10)5(4)8-12;;;;;;;;;;;;;;;;;;;;;;/h5*1-2,11-12H;16*1H3;;;;;;/q;;;;;16*-1;;;4*+4. The van der Waals surface area contributed by atoms with Crippen molar-refractivity contribution in [2.45, 2.75) is 0 Å². The molecule has 5 aromatic rings. The predicted molar refractivity (Wildman–Crippen MR) is 283 cm³/mol. The van der Waals surface area contributed by atoms with E-state index in [1.54, 1.807) is 0 Å². The van der Waals surface area contributed by atoms with Crippen LogP contribution >= 0.6 is 0 Å². The summed E-state index contributed by atoms with van der Waals surface area (Å²) in [5, 5.41) is 103. The first-order chi connectivity index (χ1) is 28.5. The van der Waals surface area contributed by atoms with Gasteiger partial charge in [0.25, 0.3) is 0 Å². The topological polar surface area (TPSA) is 497 Å². The predicted octanol–water partition coefficient (Wildman–Crippen LogP) is -3.50. The molecular formula is C46H68Fe6N10O20. The zero-order valence-corrected chi connectivity index (χ0v) is 53.5. The minimum atomic E-state index is -0.896. The first-order valence-electron chi connectivity index (χ1n) is 14.6. The second-order valence-corrected chi connectivity index (χ2v) is 9.80. The van der Waals surface area contributed by atoms with Crippen molar-refractivity contribution in [1.29, 1.82) is 0 Å². The van der Waals surface area contributed by atoms with Crippen LogP contribution < -0.4 is 108 Å². The third-order valence-corrected chi connectivity index (χ3v) is 6.41. The molecule has 82 heavy (non-hydrogen) atoms. The molecule has 0 atom stereocenters. The fourth-order valence-electron chi connectivity index (χ4n) is 3.58. The van der Waals surface area contributed by atoms with E-state index in [4.69, 9.17) is 52.1 Å². The molecule has 0 saturated heterocycles. The van der Waals surface area contributed by atoms with E-state index in [1.165, 1.54) is 0 Å². The largest absolute Gasteiger partial charge is 4.00 e. The Morgan fingerprint density at radius 1 is 0.195 bits per heavy atom. The number of nitrogens with zero attached hydrogens (tertiary/aromatic N) is 10. The Morgan fingerprint density at radius 3 is 0.366 bits per heavy atom. The average Bonchev–Trinajstić information content (AvgIpc) is 3.23. The summed E-state index contributed by atoms with van der Waals surface area (Å²) in [5.74, 6) is 0. The Kier molecular flexibility index (Phi) is 132. The van der Waals surface area contributed by atoms with Gasteiger partial charge < -0.3 is 171 Å². The van der Waals surface area contributed by atoms with E-state index in [9.17, 15) is 47.9 Å². The van der Waals surface area contributed by atoms with Crippen LogP contribution in [0.4, 0.5) is 0 Å². The number of benzene rings is 5. The molecule has 0 aromatic heterocycles. The molecule has 0 fully saturated rings. The molecule has 0 radical (unpaired) electrons. The summed E-state index contributed by atoms with van der Waals surface area (Å²) >= 11 is 0. The fourth-order valence-corrected chi connectivity index (χ4v) is 3.58. The zero-order valence-electron chi connectivity index (χ0n) is 46.9. The van der Waals surface area contributed by atoms with Crippen molar-refractivity contribution in [3.8, 4) is 0 Å². The molecule has 0 aliphatic carbocycles. The minimum Gasteiger partial charge on any atom is -0.410 e. The summed E-state index contributed by atoms with van der Waals surface area (Å²) in [7, 11) is 0. The second kappa shape index (κ2) is 74.2. The van der Waals surface area contributed by atoms with Gasteiger partial charge in [0.2, 0.25) is 54.3 Å². The fraction of sp³-hybridized carbons (Fsp3) is 0. The van der Waals surface area contributed by atoms with Gasteiger partial charge in [-0.25, -0.2) is 0 Å². The molecule has 0 aliphatic rings. The van der Waals surface area contributed by atoms with Gasteiger partial charge in [0.1, 0.15) is 0 Å². The van der Waals surface area contributed by atoms with Crippen LogP contribution in [0.2, 0.25) is 0 Å². The molecule has 0 saturated carbocycles. The Morgan fingerprint density at radius 2 is 0.293 bits per heavy atom. The van der Waals surface area contributed by atoms with Crippen LogP contribution in [-0.2, 0) is 102 Å². The van der Waals surface area contributed by atoms with Gasteiger partial charge in [-0.3, -0.25) is 47.9 Å². The van der Waals surface area contributed by atoms with E-state index in [1.807, 2.05) is 0 Å². The van der Waals surface area contributed by atoms with Crippen LogP contribution in [-0.4, -0.2) is 52.1 Å². The summed E-state index contributed by atoms with van der Waals surface area (Å²) in [6, 6.07) is 10.1. The summed E-state index contributed by atoms with van der Waals surface area (Å²) < 4.78 is 0. The van der Waals surface area contributed by atoms with Crippen molar-refractivity contribution in [3.05, 3.63) is 335 Å². The number of hydrogen-bond acceptors (Lipinski definition) is 30. The van der Waals surface area contributed by atoms with Crippen molar-refractivity contribution in [3.63, 3.8) is 0 Å². The Hall–Kier alpha value is -6.78. The first-order valence-corrected chi connectivity index (χ1v) is 14.6. The average molecular weight is 1420 g/mol. The summed E-state index contributed by atoms with van der Waals surface area (Å²) in [6.07, 6.45) is 0. The molecule has 30 nitrogen and oxygen atoms in total. The number of rotatable bonds is 0. The molecule has 5 rings (SSSR count). The normalized spacial score (nSPS) is 10.0. The van der Waals surface area contributed by atoms with Crippen molar-refractivity contribution in [1.82, 2.24) is 0 Å². The molecule has 5 aromatic carbocycles. The molecule has 0 unspecified atom stereocenters. The third-order valence-electron chi connectivity index (χ3n) is 6.41. The van der Waals surface area contributed by atoms with Gasteiger partial charge in [-0.15, -0.1) is 0 Å². The molecule has 470 valence electrons. The van der Waals surface area contributed by atoms with Crippen LogP contribution in [0.1, 0.15) is 0 Å². The maximum Gasteiger partial charge on any atom is 4.00 e. The van der Waals surface area contributed by atoms with Gasteiger partial charge in [0.15, 0.2) is 53.6 Å². The van der Waals surface area contributed by atoms with Gasteiger partial charge in [-0.2, -0.15) is 0 Å². The van der Waals surface area contributed by atoms with Crippen LogP contribution in [0.5, 0.6) is 0 Å². The Labute approximate surface area is 537 Å². The van der Waals surface area contributed by atoms with Crippen LogP contribution in [0.3, 0.4) is 0 Å². The van der Waals surface area contributed by atoms with Gasteiger partial charge in [-0.05, 0) is 60.7 Å². The van der Waals surface area contributed by atoms with Crippen LogP contribution in [0, 0.1) is 119 Å². The van der Waals surface area contributed by atoms with Crippen LogP contribution in [0.15, 0.2) is 160 Å². The van der Waals surface area contributed by atoms with E-state index >= 15 is 0 Å². The molecule has 36 heteroatoms. The summed E-state index contributed by atoms with van der Waals surface area (Å²) in [5.41, 5.74) is -8.04. The number of hydrogen-bond donors (Lipinski definition) is 10. The van der Waals surface area contributed by atoms with E-state index in [0.717, 1.165) is 60.7 Å². The molecule has 0 heterocycles. The maximum atomic E-state index is 10.9. The van der Waals surface area contributed by atoms with Crippen molar-refractivity contribution >= 4 is 0 Å². The molecule has 0 bridgehead atoms. The van der Waals surface area contributed by atoms with Crippen LogP contribution in [0.25, 0.3) is 0 Å². The van der Waals surface area contributed by atoms with E-state index in [0.29, 0.717) is 0 Å². The quantitative estimate of drug-likeness (QED) is 0.0311. The molecule has 0 spiro atoms. The summed E-state index contributed by atoms with van der Waals surface area (Å²) in [6.45, 7) is 0. The third kappa shape index (κ3) is 39.6. The minimum absolute atomic E-state index is 0. The monoisotopic (exact) mass is 1420 g/mol. The Bertz CT molecular complexity index is 3080. The maximum absolute atomic E-state index is 10.9. The zero-order chi connectivity index (χ0) is 45.7. The van der Waals surface area contributed by atoms with E-state index in [2.05, 4.69) is 51.6 Å². The van der Waals surface area contributed by atoms with Gasteiger partial charge in [-0.1, -0.05) is 51.6 Å². The van der Waals surface area contributed by atoms with E-state index in [-0.39, 0.29) is 248 Å². The van der Waals surface area contributed by atoms with Crippen molar-refractivity contribution in [2.24, 2.45) is 51.6 Å². The molecule has 0 aliphatic heterocycles. The van der Waals surface area contributed by atoms with Gasteiger partial charge in [0, 0.05) is 34.1 Å². The smallest absolute Gasteiger partial charge is 0.410 e. The van der Waals surface area contributed by atoms with Gasteiger partial charge >= 0.3 is 68.3 Å². The SMILES string of the molecule is O=c1ccc(=NO)c(=O)c1=NO.O=c1ccc(=NO)c(=O)c1=NO.O=c1ccc(=NO)c(=O)c1=NO.O=c1ccc(=NO)c(=O)c1=NO.O=c1ccc(=NO)c(=O)c1=NO.[CH3-].[CH3-].[CH3-].[CH3-].[CH3-].[CH3-].[CH3-].[CH3-].[CH3-].[CH3-].[CH3-].[CH3-].[CH3-].[CH3-].[CH3-].[CH3-].[Fe+4].[Fe+4].[Fe+4].[Fe+4].[Fe].[Fe]. The van der Waals surface area contributed by atoms with Crippen molar-refractivity contribution in [2.75, 3.05) is 0 Å². The Balaban J connectivity index is -0.0000000257. The molecule has 10 N–H and O–H groups in total.